The summed E-state index contributed by atoms with van der Waals surface area (Å²) < 4.78 is 6.73. The quantitative estimate of drug-likeness (QED) is 0.529. The van der Waals surface area contributed by atoms with Crippen LogP contribution in [0.25, 0.3) is 0 Å². The van der Waals surface area contributed by atoms with E-state index in [-0.39, 0.29) is 6.61 Å². The number of ether oxygens (including phenoxy) is 1. The van der Waals surface area contributed by atoms with E-state index in [0.29, 0.717) is 6.54 Å². The van der Waals surface area contributed by atoms with Gasteiger partial charge >= 0.3 is 0 Å². The minimum absolute atomic E-state index is 0.266. The van der Waals surface area contributed by atoms with Crippen LogP contribution in [0.5, 0.6) is 5.75 Å². The Morgan fingerprint density at radius 3 is 1.81 bits per heavy atom. The van der Waals surface area contributed by atoms with Crippen molar-refractivity contribution in [3.05, 3.63) is 101 Å². The molecule has 0 saturated carbocycles. The molecule has 0 aliphatic rings. The van der Waals surface area contributed by atoms with Crippen LogP contribution in [-0.2, 0) is 13.1 Å². The summed E-state index contributed by atoms with van der Waals surface area (Å²) in [5, 5.41) is 10.5. The normalized spacial score (nSPS) is 12.1. The van der Waals surface area contributed by atoms with Crippen LogP contribution < -0.4 is 4.74 Å². The van der Waals surface area contributed by atoms with E-state index in [2.05, 4.69) is 45.1 Å². The molecule has 3 aromatic carbocycles. The number of halogens is 1. The van der Waals surface area contributed by atoms with Crippen LogP contribution in [0.4, 0.5) is 0 Å². The zero-order valence-electron chi connectivity index (χ0n) is 15.2. The first kappa shape index (κ1) is 19.6. The molecular formula is C23H24BrNO2. The van der Waals surface area contributed by atoms with Crippen molar-refractivity contribution in [1.82, 2.24) is 4.90 Å². The Hall–Kier alpha value is -2.14. The third kappa shape index (κ3) is 6.83. The van der Waals surface area contributed by atoms with Crippen LogP contribution in [-0.4, -0.2) is 29.3 Å². The van der Waals surface area contributed by atoms with Gasteiger partial charge < -0.3 is 9.84 Å². The van der Waals surface area contributed by atoms with Gasteiger partial charge in [0.15, 0.2) is 0 Å². The number of nitrogens with zero attached hydrogens (tertiary/aromatic N) is 1. The van der Waals surface area contributed by atoms with Crippen molar-refractivity contribution in [1.29, 1.82) is 0 Å². The standard InChI is InChI=1S/C23H24BrNO2/c24-21-11-13-23(14-12-21)27-18-22(26)17-25(15-19-7-3-1-4-8-19)16-20-9-5-2-6-10-20/h1-14,22,26H,15-18H2. The van der Waals surface area contributed by atoms with Crippen LogP contribution >= 0.6 is 15.9 Å². The van der Waals surface area contributed by atoms with Crippen molar-refractivity contribution >= 4 is 15.9 Å². The molecule has 0 spiro atoms. The fourth-order valence-corrected chi connectivity index (χ4v) is 3.21. The van der Waals surface area contributed by atoms with Gasteiger partial charge in [-0.3, -0.25) is 4.90 Å². The van der Waals surface area contributed by atoms with E-state index in [4.69, 9.17) is 4.74 Å². The summed E-state index contributed by atoms with van der Waals surface area (Å²) in [4.78, 5) is 2.25. The summed E-state index contributed by atoms with van der Waals surface area (Å²) >= 11 is 3.41. The summed E-state index contributed by atoms with van der Waals surface area (Å²) in [6, 6.07) is 28.3. The SMILES string of the molecule is OC(COc1ccc(Br)cc1)CN(Cc1ccccc1)Cc1ccccc1. The zero-order valence-corrected chi connectivity index (χ0v) is 16.8. The van der Waals surface area contributed by atoms with E-state index < -0.39 is 6.10 Å². The highest BCUT2D eigenvalue weighted by Gasteiger charge is 2.14. The Balaban J connectivity index is 1.59. The predicted octanol–water partition coefficient (Wildman–Crippen LogP) is 4.89. The third-order valence-corrected chi connectivity index (χ3v) is 4.75. The molecule has 1 unspecified atom stereocenters. The molecule has 0 aliphatic carbocycles. The van der Waals surface area contributed by atoms with Crippen LogP contribution in [0.15, 0.2) is 89.4 Å². The van der Waals surface area contributed by atoms with Gasteiger partial charge in [0.1, 0.15) is 18.5 Å². The maximum absolute atomic E-state index is 10.5. The molecule has 1 atom stereocenters. The topological polar surface area (TPSA) is 32.7 Å². The molecule has 0 radical (unpaired) electrons. The highest BCUT2D eigenvalue weighted by Crippen LogP contribution is 2.17. The Kier molecular flexibility index (Phi) is 7.45. The lowest BCUT2D eigenvalue weighted by Gasteiger charge is -2.25. The van der Waals surface area contributed by atoms with Crippen molar-refractivity contribution in [3.63, 3.8) is 0 Å². The van der Waals surface area contributed by atoms with Crippen molar-refractivity contribution in [2.45, 2.75) is 19.2 Å². The molecule has 4 heteroatoms. The first-order valence-electron chi connectivity index (χ1n) is 9.06. The monoisotopic (exact) mass is 425 g/mol. The number of aliphatic hydroxyl groups is 1. The Morgan fingerprint density at radius 2 is 1.30 bits per heavy atom. The lowest BCUT2D eigenvalue weighted by molar-refractivity contribution is 0.0628. The third-order valence-electron chi connectivity index (χ3n) is 4.22. The lowest BCUT2D eigenvalue weighted by atomic mass is 10.1. The van der Waals surface area contributed by atoms with Gasteiger partial charge in [0, 0.05) is 24.1 Å². The number of hydrogen-bond acceptors (Lipinski definition) is 3. The second-order valence-corrected chi connectivity index (χ2v) is 7.48. The van der Waals surface area contributed by atoms with Crippen molar-refractivity contribution in [2.75, 3.05) is 13.2 Å². The molecule has 140 valence electrons. The molecule has 3 aromatic rings. The van der Waals surface area contributed by atoms with E-state index in [9.17, 15) is 5.11 Å². The van der Waals surface area contributed by atoms with E-state index in [1.165, 1.54) is 11.1 Å². The van der Waals surface area contributed by atoms with Gasteiger partial charge in [-0.05, 0) is 35.4 Å². The van der Waals surface area contributed by atoms with Gasteiger partial charge in [0.2, 0.25) is 0 Å². The van der Waals surface area contributed by atoms with E-state index in [0.717, 1.165) is 23.3 Å². The first-order valence-corrected chi connectivity index (χ1v) is 9.85. The molecule has 0 amide bonds. The molecule has 1 N–H and O–H groups in total. The fraction of sp³-hybridized carbons (Fsp3) is 0.217. The molecule has 3 rings (SSSR count). The first-order chi connectivity index (χ1) is 13.2. The largest absolute Gasteiger partial charge is 0.491 e. The molecule has 0 saturated heterocycles. The van der Waals surface area contributed by atoms with Gasteiger partial charge in [-0.25, -0.2) is 0 Å². The maximum atomic E-state index is 10.5. The summed E-state index contributed by atoms with van der Waals surface area (Å²) in [5.41, 5.74) is 2.46. The molecule has 0 fully saturated rings. The highest BCUT2D eigenvalue weighted by molar-refractivity contribution is 9.10. The minimum atomic E-state index is -0.568. The summed E-state index contributed by atoms with van der Waals surface area (Å²) in [6.45, 7) is 2.37. The Morgan fingerprint density at radius 1 is 0.778 bits per heavy atom. The predicted molar refractivity (Wildman–Crippen MR) is 113 cm³/mol. The average Bonchev–Trinajstić information content (AvgIpc) is 2.69. The second kappa shape index (κ2) is 10.3. The molecule has 0 bridgehead atoms. The number of hydrogen-bond donors (Lipinski definition) is 1. The second-order valence-electron chi connectivity index (χ2n) is 6.56. The molecule has 0 aromatic heterocycles. The zero-order chi connectivity index (χ0) is 18.9. The number of aliphatic hydroxyl groups excluding tert-OH is 1. The van der Waals surface area contributed by atoms with E-state index >= 15 is 0 Å². The van der Waals surface area contributed by atoms with Crippen molar-refractivity contribution in [3.8, 4) is 5.75 Å². The maximum Gasteiger partial charge on any atom is 0.119 e. The molecule has 0 aliphatic heterocycles. The van der Waals surface area contributed by atoms with Crippen LogP contribution in [0.3, 0.4) is 0 Å². The molecule has 27 heavy (non-hydrogen) atoms. The van der Waals surface area contributed by atoms with Crippen molar-refractivity contribution < 1.29 is 9.84 Å². The average molecular weight is 426 g/mol. The fourth-order valence-electron chi connectivity index (χ4n) is 2.94. The van der Waals surface area contributed by atoms with Crippen LogP contribution in [0.2, 0.25) is 0 Å². The van der Waals surface area contributed by atoms with Gasteiger partial charge in [0.05, 0.1) is 0 Å². The summed E-state index contributed by atoms with van der Waals surface area (Å²) in [6.07, 6.45) is -0.568. The number of rotatable bonds is 9. The Bertz CT molecular complexity index is 752. The van der Waals surface area contributed by atoms with Crippen molar-refractivity contribution in [2.24, 2.45) is 0 Å². The van der Waals surface area contributed by atoms with Gasteiger partial charge in [-0.15, -0.1) is 0 Å². The van der Waals surface area contributed by atoms with Crippen LogP contribution in [0, 0.1) is 0 Å². The van der Waals surface area contributed by atoms with Gasteiger partial charge in [0.25, 0.3) is 0 Å². The minimum Gasteiger partial charge on any atom is -0.491 e. The molecule has 3 nitrogen and oxygen atoms in total. The van der Waals surface area contributed by atoms with Crippen LogP contribution in [0.1, 0.15) is 11.1 Å². The van der Waals surface area contributed by atoms with E-state index in [1.54, 1.807) is 0 Å². The van der Waals surface area contributed by atoms with Gasteiger partial charge in [-0.2, -0.15) is 0 Å². The number of benzene rings is 3. The van der Waals surface area contributed by atoms with Gasteiger partial charge in [-0.1, -0.05) is 76.6 Å². The summed E-state index contributed by atoms with van der Waals surface area (Å²) in [5.74, 6) is 0.759. The lowest BCUT2D eigenvalue weighted by Crippen LogP contribution is -2.35. The van der Waals surface area contributed by atoms with E-state index in [1.807, 2.05) is 60.7 Å². The summed E-state index contributed by atoms with van der Waals surface area (Å²) in [7, 11) is 0. The molecule has 0 heterocycles. The smallest absolute Gasteiger partial charge is 0.119 e. The highest BCUT2D eigenvalue weighted by atomic mass is 79.9. The Labute approximate surface area is 169 Å². The molecular weight excluding hydrogens is 402 g/mol.